The van der Waals surface area contributed by atoms with Crippen molar-refractivity contribution < 1.29 is 19.1 Å². The number of allylic oxidation sites excluding steroid dienone is 2. The maximum absolute atomic E-state index is 13.7. The van der Waals surface area contributed by atoms with Crippen molar-refractivity contribution >= 4 is 29.1 Å². The average molecular weight is 551 g/mol. The van der Waals surface area contributed by atoms with Crippen LogP contribution in [0, 0.1) is 18.3 Å². The van der Waals surface area contributed by atoms with Gasteiger partial charge in [-0.3, -0.25) is 14.4 Å². The lowest BCUT2D eigenvalue weighted by Gasteiger charge is -2.40. The highest BCUT2D eigenvalue weighted by atomic mass is 32.1. The van der Waals surface area contributed by atoms with Crippen LogP contribution in [-0.2, 0) is 32.0 Å². The predicted octanol–water partition coefficient (Wildman–Crippen LogP) is 3.20. The summed E-state index contributed by atoms with van der Waals surface area (Å²) in [5.74, 6) is -0.0539. The molecule has 0 radical (unpaired) electrons. The van der Waals surface area contributed by atoms with Crippen molar-refractivity contribution in [2.24, 2.45) is 11.3 Å². The van der Waals surface area contributed by atoms with E-state index in [1.807, 2.05) is 47.5 Å². The third-order valence-corrected chi connectivity index (χ3v) is 9.19. The molecular formula is C30H38N4O4S. The van der Waals surface area contributed by atoms with Gasteiger partial charge in [0.15, 0.2) is 0 Å². The Balaban J connectivity index is 1.36. The van der Waals surface area contributed by atoms with Crippen LogP contribution >= 0.6 is 11.3 Å². The molecule has 2 N–H and O–H groups in total. The van der Waals surface area contributed by atoms with E-state index in [1.54, 1.807) is 11.3 Å². The molecule has 0 unspecified atom stereocenters. The molecule has 5 rings (SSSR count). The number of piperidine rings is 1. The van der Waals surface area contributed by atoms with E-state index in [0.29, 0.717) is 64.8 Å². The number of nitrogens with zero attached hydrogens (tertiary/aromatic N) is 2. The molecule has 4 heterocycles. The maximum atomic E-state index is 13.7. The number of ether oxygens (including phenoxy) is 1. The van der Waals surface area contributed by atoms with Crippen LogP contribution in [0.25, 0.3) is 0 Å². The molecule has 2 saturated heterocycles. The van der Waals surface area contributed by atoms with Gasteiger partial charge in [0.2, 0.25) is 17.7 Å². The number of carbonyl (C=O) groups is 3. The molecule has 1 spiro atoms. The highest BCUT2D eigenvalue weighted by molar-refractivity contribution is 7.09. The zero-order valence-corrected chi connectivity index (χ0v) is 23.4. The molecule has 2 fully saturated rings. The minimum absolute atomic E-state index is 0.0682. The summed E-state index contributed by atoms with van der Waals surface area (Å²) in [5.41, 5.74) is 1.24. The third-order valence-electron chi connectivity index (χ3n) is 8.36. The summed E-state index contributed by atoms with van der Waals surface area (Å²) in [4.78, 5) is 46.9. The zero-order valence-electron chi connectivity index (χ0n) is 22.6. The first-order valence-corrected chi connectivity index (χ1v) is 14.9. The number of hydrogen-bond acceptors (Lipinski definition) is 6. The normalized spacial score (nSPS) is 26.5. The number of likely N-dealkylation sites (tertiary alicyclic amines) is 1. The molecule has 208 valence electrons. The zero-order chi connectivity index (χ0) is 27.2. The van der Waals surface area contributed by atoms with Crippen LogP contribution < -0.4 is 10.6 Å². The van der Waals surface area contributed by atoms with Gasteiger partial charge in [-0.15, -0.1) is 11.3 Å². The van der Waals surface area contributed by atoms with Crippen LogP contribution in [0.4, 0.5) is 0 Å². The monoisotopic (exact) mass is 550 g/mol. The Labute approximate surface area is 234 Å². The first kappa shape index (κ1) is 27.5. The number of carbonyl (C=O) groups excluding carboxylic acids is 3. The molecule has 1 aromatic heterocycles. The highest BCUT2D eigenvalue weighted by Gasteiger charge is 2.41. The summed E-state index contributed by atoms with van der Waals surface area (Å²) >= 11 is 1.56. The van der Waals surface area contributed by atoms with Crippen molar-refractivity contribution in [3.8, 4) is 0 Å². The number of fused-ring (bicyclic) bond motifs is 1. The number of hydrogen-bond donors (Lipinski definition) is 2. The van der Waals surface area contributed by atoms with Crippen molar-refractivity contribution in [2.45, 2.75) is 64.0 Å². The summed E-state index contributed by atoms with van der Waals surface area (Å²) in [5, 5.41) is 9.32. The molecule has 3 atom stereocenters. The second-order valence-corrected chi connectivity index (χ2v) is 12.1. The van der Waals surface area contributed by atoms with E-state index in [4.69, 9.17) is 4.74 Å². The minimum atomic E-state index is -0.670. The molecule has 0 bridgehead atoms. The number of aromatic nitrogens is 1. The van der Waals surface area contributed by atoms with Crippen LogP contribution in [-0.4, -0.2) is 66.0 Å². The molecule has 39 heavy (non-hydrogen) atoms. The van der Waals surface area contributed by atoms with Crippen LogP contribution in [0.2, 0.25) is 0 Å². The van der Waals surface area contributed by atoms with E-state index < -0.39 is 11.5 Å². The fourth-order valence-electron chi connectivity index (χ4n) is 5.96. The Kier molecular flexibility index (Phi) is 8.77. The van der Waals surface area contributed by atoms with E-state index in [1.165, 1.54) is 0 Å². The summed E-state index contributed by atoms with van der Waals surface area (Å²) in [6.07, 6.45) is 8.29. The van der Waals surface area contributed by atoms with Crippen LogP contribution in [0.3, 0.4) is 0 Å². The fraction of sp³-hybridized carbons (Fsp3) is 0.533. The third kappa shape index (κ3) is 6.76. The topological polar surface area (TPSA) is 101 Å². The number of thiazole rings is 1. The molecular weight excluding hydrogens is 512 g/mol. The summed E-state index contributed by atoms with van der Waals surface area (Å²) in [6.45, 7) is 4.20. The molecule has 9 heteroatoms. The van der Waals surface area contributed by atoms with E-state index in [0.717, 1.165) is 22.7 Å². The standard InChI is InChI=1S/C30H38N4O4S/c1-21-31-24(20-39-21)18-27(35)34-14-10-25-23(19-34)9-5-6-11-30(12-15-38-16-13-30)29(37)33-26(28(36)32-25)17-22-7-3-2-4-8-22/h2-8,20,23,25-26H,9-19H2,1H3,(H,32,36)(H,33,37)/b6-5+/t23-,25+,26-/m1/s1. The Morgan fingerprint density at radius 3 is 2.69 bits per heavy atom. The first-order chi connectivity index (χ1) is 18.9. The van der Waals surface area contributed by atoms with Gasteiger partial charge >= 0.3 is 0 Å². The quantitative estimate of drug-likeness (QED) is 0.570. The number of aryl methyl sites for hydroxylation is 1. The van der Waals surface area contributed by atoms with Crippen molar-refractivity contribution in [3.63, 3.8) is 0 Å². The fourth-order valence-corrected chi connectivity index (χ4v) is 6.58. The first-order valence-electron chi connectivity index (χ1n) is 14.0. The lowest BCUT2D eigenvalue weighted by Crippen LogP contribution is -2.58. The predicted molar refractivity (Wildman–Crippen MR) is 150 cm³/mol. The van der Waals surface area contributed by atoms with Gasteiger partial charge in [0, 0.05) is 50.1 Å². The van der Waals surface area contributed by atoms with Gasteiger partial charge in [-0.1, -0.05) is 42.5 Å². The Morgan fingerprint density at radius 2 is 1.95 bits per heavy atom. The molecule has 3 amide bonds. The van der Waals surface area contributed by atoms with Crippen LogP contribution in [0.1, 0.15) is 48.4 Å². The van der Waals surface area contributed by atoms with Gasteiger partial charge in [-0.25, -0.2) is 4.98 Å². The van der Waals surface area contributed by atoms with Gasteiger partial charge in [0.25, 0.3) is 0 Å². The number of amides is 3. The van der Waals surface area contributed by atoms with Gasteiger partial charge in [-0.05, 0) is 44.6 Å². The number of benzene rings is 1. The van der Waals surface area contributed by atoms with Gasteiger partial charge < -0.3 is 20.3 Å². The lowest BCUT2D eigenvalue weighted by atomic mass is 9.75. The van der Waals surface area contributed by atoms with Gasteiger partial charge in [0.05, 0.1) is 22.5 Å². The van der Waals surface area contributed by atoms with Crippen molar-refractivity contribution in [1.82, 2.24) is 20.5 Å². The number of rotatable bonds is 4. The second-order valence-electron chi connectivity index (χ2n) is 11.1. The second kappa shape index (κ2) is 12.4. The Bertz CT molecular complexity index is 1190. The minimum Gasteiger partial charge on any atom is -0.381 e. The Hall–Kier alpha value is -3.04. The summed E-state index contributed by atoms with van der Waals surface area (Å²) in [6, 6.07) is 9.08. The SMILES string of the molecule is Cc1nc(CC(=O)N2CC[C@@H]3NC(=O)[C@@H](Cc4ccccc4)NC(=O)C4(C/C=C/C[C@@H]3C2)CCOCC4)cs1. The van der Waals surface area contributed by atoms with Crippen molar-refractivity contribution in [3.05, 3.63) is 64.1 Å². The molecule has 0 aliphatic carbocycles. The van der Waals surface area contributed by atoms with E-state index >= 15 is 0 Å². The average Bonchev–Trinajstić information content (AvgIpc) is 3.36. The largest absolute Gasteiger partial charge is 0.381 e. The van der Waals surface area contributed by atoms with Gasteiger partial charge in [-0.2, -0.15) is 0 Å². The van der Waals surface area contributed by atoms with Crippen LogP contribution in [0.15, 0.2) is 47.9 Å². The maximum Gasteiger partial charge on any atom is 0.243 e. The molecule has 2 aromatic rings. The molecule has 3 aliphatic heterocycles. The van der Waals surface area contributed by atoms with Crippen LogP contribution in [0.5, 0.6) is 0 Å². The Morgan fingerprint density at radius 1 is 1.15 bits per heavy atom. The molecule has 8 nitrogen and oxygen atoms in total. The summed E-state index contributed by atoms with van der Waals surface area (Å²) < 4.78 is 5.59. The summed E-state index contributed by atoms with van der Waals surface area (Å²) in [7, 11) is 0. The van der Waals surface area contributed by atoms with E-state index in [-0.39, 0.29) is 29.7 Å². The van der Waals surface area contributed by atoms with Crippen molar-refractivity contribution in [1.29, 1.82) is 0 Å². The van der Waals surface area contributed by atoms with Gasteiger partial charge in [0.1, 0.15) is 6.04 Å². The lowest BCUT2D eigenvalue weighted by molar-refractivity contribution is -0.140. The molecule has 1 aromatic carbocycles. The highest BCUT2D eigenvalue weighted by Crippen LogP contribution is 2.36. The van der Waals surface area contributed by atoms with E-state index in [9.17, 15) is 14.4 Å². The van der Waals surface area contributed by atoms with Crippen molar-refractivity contribution in [2.75, 3.05) is 26.3 Å². The molecule has 3 aliphatic rings. The smallest absolute Gasteiger partial charge is 0.243 e. The van der Waals surface area contributed by atoms with E-state index in [2.05, 4.69) is 27.8 Å². The number of nitrogens with one attached hydrogen (secondary N) is 2. The molecule has 0 saturated carbocycles.